The average Bonchev–Trinajstić information content (AvgIpc) is 2.68. The first-order valence-electron chi connectivity index (χ1n) is 6.29. The molecular weight excluding hydrogens is 298 g/mol. The summed E-state index contributed by atoms with van der Waals surface area (Å²) >= 11 is 5.28. The van der Waals surface area contributed by atoms with E-state index in [1.165, 1.54) is 17.8 Å². The number of likely N-dealkylation sites (tertiary alicyclic amines) is 1. The van der Waals surface area contributed by atoms with Gasteiger partial charge in [-0.05, 0) is 53.2 Å². The second-order valence-electron chi connectivity index (χ2n) is 4.93. The van der Waals surface area contributed by atoms with Crippen LogP contribution in [-0.2, 0) is 6.42 Å². The van der Waals surface area contributed by atoms with E-state index in [1.54, 1.807) is 11.3 Å². The average molecular weight is 318 g/mol. The third kappa shape index (κ3) is 3.53. The fraction of sp³-hybridized carbons (Fsp3) is 0.692. The Balaban J connectivity index is 1.91. The zero-order valence-electron chi connectivity index (χ0n) is 10.3. The Labute approximate surface area is 116 Å². The van der Waals surface area contributed by atoms with E-state index in [0.29, 0.717) is 0 Å². The number of halogens is 1. The van der Waals surface area contributed by atoms with Crippen LogP contribution in [0.3, 0.4) is 0 Å². The zero-order chi connectivity index (χ0) is 12.3. The highest BCUT2D eigenvalue weighted by molar-refractivity contribution is 9.10. The molecule has 0 bridgehead atoms. The Morgan fingerprint density at radius 1 is 1.47 bits per heavy atom. The molecule has 4 heteroatoms. The molecule has 0 spiro atoms. The molecule has 0 aliphatic carbocycles. The van der Waals surface area contributed by atoms with Crippen molar-refractivity contribution >= 4 is 27.3 Å². The Hall–Kier alpha value is 0.100. The van der Waals surface area contributed by atoms with E-state index >= 15 is 0 Å². The normalized spacial score (nSPS) is 20.6. The van der Waals surface area contributed by atoms with Gasteiger partial charge in [-0.1, -0.05) is 6.92 Å². The zero-order valence-corrected chi connectivity index (χ0v) is 12.7. The highest BCUT2D eigenvalue weighted by atomic mass is 79.9. The third-order valence-electron chi connectivity index (χ3n) is 3.51. The van der Waals surface area contributed by atoms with Crippen molar-refractivity contribution in [1.29, 1.82) is 0 Å². The standard InChI is InChI=1S/C13H20BrNOS/c1-2-6-15-7-4-13(16,5-8-15)10-12-11(14)3-9-17-12/h3,9,16H,2,4-8,10H2,1H3. The highest BCUT2D eigenvalue weighted by Gasteiger charge is 2.32. The number of aliphatic hydroxyl groups is 1. The molecule has 2 rings (SSSR count). The fourth-order valence-corrected chi connectivity index (χ4v) is 4.06. The lowest BCUT2D eigenvalue weighted by Crippen LogP contribution is -2.45. The molecule has 2 nitrogen and oxygen atoms in total. The summed E-state index contributed by atoms with van der Waals surface area (Å²) in [5.74, 6) is 0. The van der Waals surface area contributed by atoms with Crippen molar-refractivity contribution in [2.24, 2.45) is 0 Å². The molecule has 0 radical (unpaired) electrons. The number of hydrogen-bond acceptors (Lipinski definition) is 3. The van der Waals surface area contributed by atoms with Crippen LogP contribution < -0.4 is 0 Å². The minimum atomic E-state index is -0.488. The number of rotatable bonds is 4. The number of piperidine rings is 1. The number of hydrogen-bond donors (Lipinski definition) is 1. The molecule has 1 aliphatic heterocycles. The van der Waals surface area contributed by atoms with Gasteiger partial charge in [-0.2, -0.15) is 0 Å². The summed E-state index contributed by atoms with van der Waals surface area (Å²) in [6.07, 6.45) is 3.80. The maximum absolute atomic E-state index is 10.6. The van der Waals surface area contributed by atoms with Crippen LogP contribution in [-0.4, -0.2) is 35.2 Å². The lowest BCUT2D eigenvalue weighted by atomic mass is 9.87. The van der Waals surface area contributed by atoms with Gasteiger partial charge in [-0.3, -0.25) is 0 Å². The summed E-state index contributed by atoms with van der Waals surface area (Å²) in [6, 6.07) is 2.07. The first-order valence-corrected chi connectivity index (χ1v) is 7.97. The summed E-state index contributed by atoms with van der Waals surface area (Å²) < 4.78 is 1.15. The van der Waals surface area contributed by atoms with Crippen molar-refractivity contribution in [3.63, 3.8) is 0 Å². The van der Waals surface area contributed by atoms with E-state index < -0.39 is 5.60 Å². The van der Waals surface area contributed by atoms with Crippen LogP contribution in [0, 0.1) is 0 Å². The molecule has 1 aromatic rings. The molecule has 96 valence electrons. The highest BCUT2D eigenvalue weighted by Crippen LogP contribution is 2.32. The van der Waals surface area contributed by atoms with Crippen LogP contribution in [0.2, 0.25) is 0 Å². The molecule has 1 fully saturated rings. The predicted molar refractivity (Wildman–Crippen MR) is 76.6 cm³/mol. The molecular formula is C13H20BrNOS. The lowest BCUT2D eigenvalue weighted by Gasteiger charge is -2.38. The van der Waals surface area contributed by atoms with Gasteiger partial charge in [0.05, 0.1) is 5.60 Å². The van der Waals surface area contributed by atoms with Gasteiger partial charge in [0, 0.05) is 28.9 Å². The maximum atomic E-state index is 10.6. The van der Waals surface area contributed by atoms with E-state index in [-0.39, 0.29) is 0 Å². The summed E-state index contributed by atoms with van der Waals surface area (Å²) in [6.45, 7) is 5.45. The van der Waals surface area contributed by atoms with Crippen LogP contribution in [0.1, 0.15) is 31.1 Å². The molecule has 1 saturated heterocycles. The van der Waals surface area contributed by atoms with Gasteiger partial charge in [-0.25, -0.2) is 0 Å². The minimum Gasteiger partial charge on any atom is -0.389 e. The summed E-state index contributed by atoms with van der Waals surface area (Å²) in [5.41, 5.74) is -0.488. The predicted octanol–water partition coefficient (Wildman–Crippen LogP) is 3.29. The van der Waals surface area contributed by atoms with Gasteiger partial charge in [0.2, 0.25) is 0 Å². The smallest absolute Gasteiger partial charge is 0.0720 e. The molecule has 0 saturated carbocycles. The van der Waals surface area contributed by atoms with Crippen molar-refractivity contribution in [2.45, 2.75) is 38.2 Å². The second-order valence-corrected chi connectivity index (χ2v) is 6.79. The van der Waals surface area contributed by atoms with Crippen molar-refractivity contribution in [3.8, 4) is 0 Å². The maximum Gasteiger partial charge on any atom is 0.0720 e. The Bertz CT molecular complexity index is 358. The topological polar surface area (TPSA) is 23.5 Å². The van der Waals surface area contributed by atoms with Gasteiger partial charge in [-0.15, -0.1) is 11.3 Å². The number of nitrogens with zero attached hydrogens (tertiary/aromatic N) is 1. The molecule has 1 N–H and O–H groups in total. The van der Waals surface area contributed by atoms with Crippen LogP contribution >= 0.6 is 27.3 Å². The summed E-state index contributed by atoms with van der Waals surface area (Å²) in [7, 11) is 0. The third-order valence-corrected chi connectivity index (χ3v) is 5.43. The summed E-state index contributed by atoms with van der Waals surface area (Å²) in [4.78, 5) is 3.73. The first kappa shape index (κ1) is 13.5. The van der Waals surface area contributed by atoms with Crippen LogP contribution in [0.25, 0.3) is 0 Å². The molecule has 0 atom stereocenters. The largest absolute Gasteiger partial charge is 0.389 e. The first-order chi connectivity index (χ1) is 8.13. The van der Waals surface area contributed by atoms with Crippen LogP contribution in [0.5, 0.6) is 0 Å². The number of thiophene rings is 1. The quantitative estimate of drug-likeness (QED) is 0.921. The Kier molecular flexibility index (Phi) is 4.64. The van der Waals surface area contributed by atoms with E-state index in [0.717, 1.165) is 36.8 Å². The Morgan fingerprint density at radius 3 is 2.71 bits per heavy atom. The SMILES string of the molecule is CCCN1CCC(O)(Cc2sccc2Br)CC1. The molecule has 0 unspecified atom stereocenters. The Morgan fingerprint density at radius 2 is 2.18 bits per heavy atom. The van der Waals surface area contributed by atoms with Gasteiger partial charge >= 0.3 is 0 Å². The van der Waals surface area contributed by atoms with E-state index in [4.69, 9.17) is 0 Å². The van der Waals surface area contributed by atoms with Gasteiger partial charge in [0.1, 0.15) is 0 Å². The fourth-order valence-electron chi connectivity index (χ4n) is 2.44. The molecule has 0 amide bonds. The van der Waals surface area contributed by atoms with Crippen LogP contribution in [0.4, 0.5) is 0 Å². The molecule has 0 aromatic carbocycles. The molecule has 17 heavy (non-hydrogen) atoms. The van der Waals surface area contributed by atoms with Crippen molar-refractivity contribution in [2.75, 3.05) is 19.6 Å². The lowest BCUT2D eigenvalue weighted by molar-refractivity contribution is -0.0200. The van der Waals surface area contributed by atoms with Crippen molar-refractivity contribution in [1.82, 2.24) is 4.90 Å². The van der Waals surface area contributed by atoms with Gasteiger partial charge in [0.15, 0.2) is 0 Å². The minimum absolute atomic E-state index is 0.488. The second kappa shape index (κ2) is 5.83. The summed E-state index contributed by atoms with van der Waals surface area (Å²) in [5, 5.41) is 12.7. The van der Waals surface area contributed by atoms with Crippen molar-refractivity contribution < 1.29 is 5.11 Å². The van der Waals surface area contributed by atoms with Gasteiger partial charge < -0.3 is 10.0 Å². The monoisotopic (exact) mass is 317 g/mol. The molecule has 2 heterocycles. The van der Waals surface area contributed by atoms with Gasteiger partial charge in [0.25, 0.3) is 0 Å². The van der Waals surface area contributed by atoms with E-state index in [9.17, 15) is 5.11 Å². The molecule has 1 aromatic heterocycles. The van der Waals surface area contributed by atoms with Crippen molar-refractivity contribution in [3.05, 3.63) is 20.8 Å². The van der Waals surface area contributed by atoms with E-state index in [1.807, 2.05) is 0 Å². The van der Waals surface area contributed by atoms with Crippen LogP contribution in [0.15, 0.2) is 15.9 Å². The van der Waals surface area contributed by atoms with E-state index in [2.05, 4.69) is 39.2 Å². The molecule has 1 aliphatic rings.